The minimum absolute atomic E-state index is 0.0271. The second kappa shape index (κ2) is 14.1. The van der Waals surface area contributed by atoms with Crippen LogP contribution in [0, 0.1) is 0 Å². The lowest BCUT2D eigenvalue weighted by Gasteiger charge is -2.59. The van der Waals surface area contributed by atoms with E-state index in [1.807, 2.05) is 36.4 Å². The van der Waals surface area contributed by atoms with Gasteiger partial charge in [-0.3, -0.25) is 0 Å². The van der Waals surface area contributed by atoms with Crippen LogP contribution >= 0.6 is 0 Å². The van der Waals surface area contributed by atoms with E-state index in [1.54, 1.807) is 0 Å². The van der Waals surface area contributed by atoms with Gasteiger partial charge in [-0.1, -0.05) is 60.7 Å². The van der Waals surface area contributed by atoms with Crippen molar-refractivity contribution in [2.24, 2.45) is 0 Å². The molecule has 0 radical (unpaired) electrons. The Kier molecular flexibility index (Phi) is 10.4. The maximum absolute atomic E-state index is 6.50. The molecule has 0 spiro atoms. The molecule has 39 heavy (non-hydrogen) atoms. The number of nitrogens with one attached hydrogen (secondary N) is 1. The van der Waals surface area contributed by atoms with Crippen molar-refractivity contribution in [3.8, 4) is 0 Å². The first-order valence-corrected chi connectivity index (χ1v) is 14.4. The molecule has 8 nitrogen and oxygen atoms in total. The van der Waals surface area contributed by atoms with Crippen molar-refractivity contribution in [3.63, 3.8) is 0 Å². The van der Waals surface area contributed by atoms with Gasteiger partial charge in [-0.05, 0) is 77.7 Å². The van der Waals surface area contributed by atoms with Crippen LogP contribution in [0.25, 0.3) is 0 Å². The molecule has 214 valence electrons. The average molecular weight is 540 g/mol. The van der Waals surface area contributed by atoms with Gasteiger partial charge in [-0.2, -0.15) is 0 Å². The van der Waals surface area contributed by atoms with E-state index >= 15 is 0 Å². The quantitative estimate of drug-likeness (QED) is 0.326. The highest BCUT2D eigenvalue weighted by molar-refractivity contribution is 5.16. The van der Waals surface area contributed by atoms with Gasteiger partial charge in [-0.15, -0.1) is 0 Å². The summed E-state index contributed by atoms with van der Waals surface area (Å²) in [7, 11) is 6.47. The third kappa shape index (κ3) is 7.65. The normalized spacial score (nSPS) is 29.5. The van der Waals surface area contributed by atoms with Gasteiger partial charge in [0.2, 0.25) is 0 Å². The standard InChI is InChI=1S/C31H45N3O5/c1-33(2)18-12-20-34(3)19-11-10-17-32-25-26-28(35-21-23-13-6-4-7-14-23)30-29(27(25)38-31(37-26)39-30)36-22-24-15-8-5-9-16-24/h4-9,13-16,25-32H,10-12,17-22H2,1-3H3/t25?,26-,27+,28+,29-,30?,31?. The molecule has 1 N–H and O–H groups in total. The Hall–Kier alpha value is -1.88. The molecule has 6 rings (SSSR count). The first-order valence-electron chi connectivity index (χ1n) is 14.4. The van der Waals surface area contributed by atoms with Crippen molar-refractivity contribution in [3.05, 3.63) is 71.8 Å². The molecule has 1 aliphatic carbocycles. The van der Waals surface area contributed by atoms with E-state index in [0.717, 1.165) is 50.1 Å². The molecule has 3 unspecified atom stereocenters. The van der Waals surface area contributed by atoms with Gasteiger partial charge >= 0.3 is 0 Å². The molecular formula is C31H45N3O5. The smallest absolute Gasteiger partial charge is 0.272 e. The highest BCUT2D eigenvalue weighted by Crippen LogP contribution is 2.43. The molecule has 3 heterocycles. The van der Waals surface area contributed by atoms with Crippen LogP contribution in [0.1, 0.15) is 30.4 Å². The summed E-state index contributed by atoms with van der Waals surface area (Å²) in [5.41, 5.74) is 2.26. The topological polar surface area (TPSA) is 64.7 Å². The molecule has 2 aromatic rings. The molecule has 3 aliphatic heterocycles. The van der Waals surface area contributed by atoms with Crippen LogP contribution in [-0.4, -0.2) is 100 Å². The monoisotopic (exact) mass is 539 g/mol. The number of hydrogen-bond donors (Lipinski definition) is 1. The summed E-state index contributed by atoms with van der Waals surface area (Å²) < 4.78 is 31.6. The predicted octanol–water partition coefficient (Wildman–Crippen LogP) is 3.26. The number of unbranched alkanes of at least 4 members (excludes halogenated alkanes) is 1. The maximum Gasteiger partial charge on any atom is 0.272 e. The Morgan fingerprint density at radius 2 is 1.21 bits per heavy atom. The van der Waals surface area contributed by atoms with Crippen LogP contribution in [0.15, 0.2) is 60.7 Å². The lowest BCUT2D eigenvalue weighted by molar-refractivity contribution is -0.475. The second-order valence-corrected chi connectivity index (χ2v) is 11.3. The van der Waals surface area contributed by atoms with Gasteiger partial charge in [0.25, 0.3) is 6.48 Å². The molecule has 1 saturated carbocycles. The molecule has 4 bridgehead atoms. The van der Waals surface area contributed by atoms with E-state index < -0.39 is 6.48 Å². The van der Waals surface area contributed by atoms with E-state index in [1.165, 1.54) is 6.42 Å². The van der Waals surface area contributed by atoms with Gasteiger partial charge in [0.15, 0.2) is 0 Å². The van der Waals surface area contributed by atoms with Crippen molar-refractivity contribution >= 4 is 0 Å². The van der Waals surface area contributed by atoms with Gasteiger partial charge in [-0.25, -0.2) is 0 Å². The maximum atomic E-state index is 6.50. The average Bonchev–Trinajstić information content (AvgIpc) is 2.94. The minimum Gasteiger partial charge on any atom is -0.368 e. The van der Waals surface area contributed by atoms with Gasteiger partial charge < -0.3 is 38.8 Å². The molecule has 4 fully saturated rings. The third-order valence-electron chi connectivity index (χ3n) is 7.87. The number of benzene rings is 2. The zero-order valence-electron chi connectivity index (χ0n) is 23.6. The van der Waals surface area contributed by atoms with Crippen LogP contribution in [0.3, 0.4) is 0 Å². The fourth-order valence-electron chi connectivity index (χ4n) is 5.81. The molecule has 0 aromatic heterocycles. The van der Waals surface area contributed by atoms with E-state index in [4.69, 9.17) is 23.7 Å². The molecule has 7 atom stereocenters. The highest BCUT2D eigenvalue weighted by Gasteiger charge is 2.62. The number of nitrogens with zero attached hydrogens (tertiary/aromatic N) is 2. The highest BCUT2D eigenvalue weighted by atomic mass is 16.9. The van der Waals surface area contributed by atoms with Crippen LogP contribution in [0.2, 0.25) is 0 Å². The number of ether oxygens (including phenoxy) is 5. The largest absolute Gasteiger partial charge is 0.368 e. The van der Waals surface area contributed by atoms with Crippen molar-refractivity contribution in [2.45, 2.75) is 75.5 Å². The summed E-state index contributed by atoms with van der Waals surface area (Å²) in [6.45, 7) is 4.59. The van der Waals surface area contributed by atoms with E-state index in [-0.39, 0.29) is 36.6 Å². The van der Waals surface area contributed by atoms with E-state index in [2.05, 4.69) is 60.5 Å². The minimum atomic E-state index is -0.660. The van der Waals surface area contributed by atoms with Gasteiger partial charge in [0, 0.05) is 0 Å². The summed E-state index contributed by atoms with van der Waals surface area (Å²) >= 11 is 0. The fourth-order valence-corrected chi connectivity index (χ4v) is 5.81. The molecule has 4 aliphatic rings. The molecule has 8 heteroatoms. The second-order valence-electron chi connectivity index (χ2n) is 11.3. The fraction of sp³-hybridized carbons (Fsp3) is 0.613. The Balaban J connectivity index is 1.19. The van der Waals surface area contributed by atoms with Crippen molar-refractivity contribution < 1.29 is 23.7 Å². The lowest BCUT2D eigenvalue weighted by Crippen LogP contribution is -2.78. The van der Waals surface area contributed by atoms with Crippen LogP contribution in [0.4, 0.5) is 0 Å². The first-order chi connectivity index (χ1) is 19.1. The zero-order valence-corrected chi connectivity index (χ0v) is 23.6. The summed E-state index contributed by atoms with van der Waals surface area (Å²) in [5, 5.41) is 3.76. The Morgan fingerprint density at radius 1 is 0.667 bits per heavy atom. The van der Waals surface area contributed by atoms with Crippen molar-refractivity contribution in [1.29, 1.82) is 0 Å². The summed E-state index contributed by atoms with van der Waals surface area (Å²) in [5.74, 6) is 0. The molecular weight excluding hydrogens is 494 g/mol. The Bertz CT molecular complexity index is 919. The molecule has 2 aromatic carbocycles. The van der Waals surface area contributed by atoms with Crippen LogP contribution in [-0.2, 0) is 36.9 Å². The SMILES string of the molecule is CN(C)CCCN(C)CCCCNC1[C@H]2OC3OC([C@H]2OCc2ccccc2)[C@H](OCc2ccccc2)[C@H]1O3. The predicted molar refractivity (Wildman–Crippen MR) is 150 cm³/mol. The van der Waals surface area contributed by atoms with Crippen LogP contribution in [0.5, 0.6) is 0 Å². The first kappa shape index (κ1) is 28.6. The lowest BCUT2D eigenvalue weighted by atomic mass is 9.80. The van der Waals surface area contributed by atoms with Crippen LogP contribution < -0.4 is 5.32 Å². The van der Waals surface area contributed by atoms with Crippen molar-refractivity contribution in [1.82, 2.24) is 15.1 Å². The van der Waals surface area contributed by atoms with E-state index in [0.29, 0.717) is 13.2 Å². The number of hydrogen-bond acceptors (Lipinski definition) is 8. The number of rotatable bonds is 16. The molecule has 0 amide bonds. The van der Waals surface area contributed by atoms with Gasteiger partial charge in [0.05, 0.1) is 19.3 Å². The molecule has 3 saturated heterocycles. The zero-order chi connectivity index (χ0) is 27.0. The Labute approximate surface area is 233 Å². The third-order valence-corrected chi connectivity index (χ3v) is 7.87. The summed E-state index contributed by atoms with van der Waals surface area (Å²) in [4.78, 5) is 4.67. The van der Waals surface area contributed by atoms with E-state index in [9.17, 15) is 0 Å². The van der Waals surface area contributed by atoms with Crippen molar-refractivity contribution in [2.75, 3.05) is 47.3 Å². The summed E-state index contributed by atoms with van der Waals surface area (Å²) in [6, 6.07) is 20.5. The summed E-state index contributed by atoms with van der Waals surface area (Å²) in [6.07, 6.45) is 2.39. The Morgan fingerprint density at radius 3 is 1.77 bits per heavy atom. The van der Waals surface area contributed by atoms with Gasteiger partial charge in [0.1, 0.15) is 30.5 Å².